The highest BCUT2D eigenvalue weighted by Crippen LogP contribution is 2.23. The average Bonchev–Trinajstić information content (AvgIpc) is 2.51. The fourth-order valence-electron chi connectivity index (χ4n) is 1.14. The molecule has 0 aromatic rings. The summed E-state index contributed by atoms with van der Waals surface area (Å²) in [7, 11) is 0. The molecular weight excluding hydrogens is 296 g/mol. The Morgan fingerprint density at radius 2 is 1.00 bits per heavy atom. The number of aliphatic hydroxyl groups is 4. The highest BCUT2D eigenvalue weighted by Gasteiger charge is 2.41. The third kappa shape index (κ3) is 7.59. The lowest BCUT2D eigenvalue weighted by molar-refractivity contribution is -0.463. The predicted octanol–water partition coefficient (Wildman–Crippen LogP) is -0.276. The first-order chi connectivity index (χ1) is 10.3. The van der Waals surface area contributed by atoms with E-state index in [2.05, 4.69) is 26.3 Å². The van der Waals surface area contributed by atoms with Gasteiger partial charge < -0.3 is 25.2 Å². The second kappa shape index (κ2) is 10.4. The van der Waals surface area contributed by atoms with E-state index in [1.54, 1.807) is 0 Å². The Morgan fingerprint density at radius 1 is 0.682 bits per heavy atom. The van der Waals surface area contributed by atoms with E-state index in [4.69, 9.17) is 18.9 Å². The Hall–Kier alpha value is -1.36. The maximum Gasteiger partial charge on any atom is 0.315 e. The van der Waals surface area contributed by atoms with Crippen molar-refractivity contribution >= 4 is 0 Å². The summed E-state index contributed by atoms with van der Waals surface area (Å²) in [5.74, 6) is -2.29. The van der Waals surface area contributed by atoms with Crippen molar-refractivity contribution in [1.82, 2.24) is 0 Å². The van der Waals surface area contributed by atoms with Gasteiger partial charge in [-0.1, -0.05) is 26.3 Å². The fourth-order valence-corrected chi connectivity index (χ4v) is 1.14. The monoisotopic (exact) mass is 318 g/mol. The van der Waals surface area contributed by atoms with E-state index in [1.807, 2.05) is 0 Å². The molecule has 0 heterocycles. The maximum absolute atomic E-state index is 9.53. The van der Waals surface area contributed by atoms with Gasteiger partial charge in [0.15, 0.2) is 25.2 Å². The van der Waals surface area contributed by atoms with Gasteiger partial charge in [-0.3, -0.25) is 14.2 Å². The first-order valence-corrected chi connectivity index (χ1v) is 6.20. The van der Waals surface area contributed by atoms with Crippen LogP contribution in [-0.4, -0.2) is 58.2 Å². The van der Waals surface area contributed by atoms with Crippen molar-refractivity contribution in [3.63, 3.8) is 0 Å². The van der Waals surface area contributed by atoms with E-state index in [0.717, 1.165) is 24.3 Å². The molecule has 0 rings (SSSR count). The largest absolute Gasteiger partial charge is 0.365 e. The second-order valence-corrected chi connectivity index (χ2v) is 3.85. The molecule has 126 valence electrons. The summed E-state index contributed by atoms with van der Waals surface area (Å²) in [5, 5.41) is 37.9. The van der Waals surface area contributed by atoms with Crippen LogP contribution in [0.5, 0.6) is 0 Å². The van der Waals surface area contributed by atoms with Gasteiger partial charge in [-0.15, -0.1) is 0 Å². The minimum absolute atomic E-state index is 0.652. The molecule has 0 aliphatic rings. The van der Waals surface area contributed by atoms with E-state index < -0.39 is 37.7 Å². The molecule has 4 atom stereocenters. The number of hydrogen-bond acceptors (Lipinski definition) is 8. The smallest absolute Gasteiger partial charge is 0.315 e. The van der Waals surface area contributed by atoms with Crippen LogP contribution in [0.25, 0.3) is 0 Å². The van der Waals surface area contributed by atoms with Gasteiger partial charge in [-0.2, -0.15) is 0 Å². The summed E-state index contributed by atoms with van der Waals surface area (Å²) < 4.78 is 20.0. The summed E-state index contributed by atoms with van der Waals surface area (Å²) in [5.41, 5.74) is 0. The summed E-state index contributed by atoms with van der Waals surface area (Å²) >= 11 is 0. The molecule has 8 nitrogen and oxygen atoms in total. The normalized spacial score (nSPS) is 19.3. The van der Waals surface area contributed by atoms with Crippen molar-refractivity contribution in [2.75, 3.05) is 6.61 Å². The molecule has 0 bridgehead atoms. The van der Waals surface area contributed by atoms with E-state index in [9.17, 15) is 20.4 Å². The molecule has 22 heavy (non-hydrogen) atoms. The molecule has 0 aliphatic heterocycles. The molecular formula is C14H22O8. The second-order valence-electron chi connectivity index (χ2n) is 3.85. The Kier molecular flexibility index (Phi) is 9.74. The molecule has 0 aromatic heterocycles. The van der Waals surface area contributed by atoms with Crippen LogP contribution >= 0.6 is 0 Å². The van der Waals surface area contributed by atoms with Crippen LogP contribution in [0.15, 0.2) is 50.6 Å². The first kappa shape index (κ1) is 20.6. The highest BCUT2D eigenvalue weighted by atomic mass is 16.9. The van der Waals surface area contributed by atoms with E-state index in [0.29, 0.717) is 0 Å². The molecule has 0 radical (unpaired) electrons. The van der Waals surface area contributed by atoms with Crippen molar-refractivity contribution in [2.24, 2.45) is 0 Å². The van der Waals surface area contributed by atoms with Crippen molar-refractivity contribution in [2.45, 2.75) is 31.1 Å². The van der Waals surface area contributed by atoms with Crippen LogP contribution in [0, 0.1) is 0 Å². The van der Waals surface area contributed by atoms with Gasteiger partial charge in [0.2, 0.25) is 0 Å². The van der Waals surface area contributed by atoms with Gasteiger partial charge in [0.05, 0.1) is 0 Å². The summed E-state index contributed by atoms with van der Waals surface area (Å²) in [6, 6.07) is 0. The van der Waals surface area contributed by atoms with Gasteiger partial charge in [0, 0.05) is 0 Å². The molecule has 4 N–H and O–H groups in total. The Bertz CT molecular complexity index is 329. The first-order valence-electron chi connectivity index (χ1n) is 6.20. The average molecular weight is 318 g/mol. The number of rotatable bonds is 13. The number of ether oxygens (including phenoxy) is 4. The molecule has 0 saturated carbocycles. The van der Waals surface area contributed by atoms with Crippen LogP contribution in [0.3, 0.4) is 0 Å². The third-order valence-corrected chi connectivity index (χ3v) is 2.14. The van der Waals surface area contributed by atoms with Crippen LogP contribution in [0.2, 0.25) is 0 Å². The number of aliphatic hydroxyl groups excluding tert-OH is 4. The summed E-state index contributed by atoms with van der Waals surface area (Å²) in [6.45, 7) is 12.5. The van der Waals surface area contributed by atoms with E-state index in [-0.39, 0.29) is 0 Å². The van der Waals surface area contributed by atoms with Crippen LogP contribution in [0.4, 0.5) is 0 Å². The lowest BCUT2D eigenvalue weighted by Crippen LogP contribution is -2.50. The van der Waals surface area contributed by atoms with Gasteiger partial charge >= 0.3 is 5.97 Å². The highest BCUT2D eigenvalue weighted by molar-refractivity contribution is 4.79. The lowest BCUT2D eigenvalue weighted by Gasteiger charge is -2.36. The zero-order valence-corrected chi connectivity index (χ0v) is 12.1. The Morgan fingerprint density at radius 3 is 1.27 bits per heavy atom. The molecule has 0 saturated heterocycles. The van der Waals surface area contributed by atoms with E-state index >= 15 is 0 Å². The quantitative estimate of drug-likeness (QED) is 0.271. The standard InChI is InChI=1S/C14H22O8/c1-5-10(15)19-9-14(20-11(16)6-2,21-12(17)7-3)22-13(18)8-4/h5-8,10-13,15-18H,1-4,9H2. The fraction of sp³-hybridized carbons (Fsp3) is 0.429. The molecule has 0 amide bonds. The summed E-state index contributed by atoms with van der Waals surface area (Å²) in [4.78, 5) is 0. The third-order valence-electron chi connectivity index (χ3n) is 2.14. The molecule has 0 fully saturated rings. The van der Waals surface area contributed by atoms with Crippen LogP contribution < -0.4 is 0 Å². The van der Waals surface area contributed by atoms with Crippen molar-refractivity contribution in [1.29, 1.82) is 0 Å². The predicted molar refractivity (Wildman–Crippen MR) is 76.8 cm³/mol. The SMILES string of the molecule is C=CC(O)OCC(OC(O)C=C)(OC(O)C=C)OC(O)C=C. The molecule has 4 unspecified atom stereocenters. The molecule has 0 aromatic carbocycles. The van der Waals surface area contributed by atoms with Crippen molar-refractivity contribution in [3.8, 4) is 0 Å². The zero-order valence-electron chi connectivity index (χ0n) is 12.1. The van der Waals surface area contributed by atoms with Crippen molar-refractivity contribution < 1.29 is 39.4 Å². The molecule has 8 heteroatoms. The van der Waals surface area contributed by atoms with Gasteiger partial charge in [0.1, 0.15) is 6.61 Å². The Labute approximate surface area is 128 Å². The van der Waals surface area contributed by atoms with Crippen molar-refractivity contribution in [3.05, 3.63) is 50.6 Å². The minimum atomic E-state index is -2.29. The molecule has 0 aliphatic carbocycles. The maximum atomic E-state index is 9.53. The van der Waals surface area contributed by atoms with Gasteiger partial charge in [-0.25, -0.2) is 0 Å². The van der Waals surface area contributed by atoms with Crippen LogP contribution in [0.1, 0.15) is 0 Å². The lowest BCUT2D eigenvalue weighted by atomic mass is 10.5. The topological polar surface area (TPSA) is 118 Å². The number of hydrogen-bond donors (Lipinski definition) is 4. The van der Waals surface area contributed by atoms with E-state index in [1.165, 1.54) is 0 Å². The van der Waals surface area contributed by atoms with Crippen LogP contribution in [-0.2, 0) is 18.9 Å². The Balaban J connectivity index is 5.33. The molecule has 0 spiro atoms. The minimum Gasteiger partial charge on any atom is -0.365 e. The van der Waals surface area contributed by atoms with Gasteiger partial charge in [-0.05, 0) is 24.3 Å². The zero-order chi connectivity index (χ0) is 17.2. The van der Waals surface area contributed by atoms with Gasteiger partial charge in [0.25, 0.3) is 0 Å². The summed E-state index contributed by atoms with van der Waals surface area (Å²) in [6.07, 6.45) is -2.12.